The van der Waals surface area contributed by atoms with Gasteiger partial charge in [0.1, 0.15) is 0 Å². The molecule has 4 N–H and O–H groups in total. The molecule has 2 aromatic carbocycles. The summed E-state index contributed by atoms with van der Waals surface area (Å²) in [5.41, 5.74) is 2.09. The Morgan fingerprint density at radius 2 is 1.71 bits per heavy atom. The molecule has 2 heterocycles. The fourth-order valence-corrected chi connectivity index (χ4v) is 4.68. The van der Waals surface area contributed by atoms with Crippen LogP contribution < -0.4 is 15.9 Å². The Bertz CT molecular complexity index is 1380. The average molecular weight is 496 g/mol. The van der Waals surface area contributed by atoms with Crippen molar-refractivity contribution in [1.82, 2.24) is 19.6 Å². The lowest BCUT2D eigenvalue weighted by molar-refractivity contribution is -0.115. The first-order valence-corrected chi connectivity index (χ1v) is 12.5. The SMILES string of the molecule is CC(Sc1nc(-c2ccccc2)cn1N)C(=O)Nc1ccc(S(=O)(=O)Nc2ncccn2)cc1. The van der Waals surface area contributed by atoms with Crippen LogP contribution in [0.3, 0.4) is 0 Å². The summed E-state index contributed by atoms with van der Waals surface area (Å²) in [4.78, 5) is 24.9. The van der Waals surface area contributed by atoms with Crippen LogP contribution in [0.5, 0.6) is 0 Å². The molecule has 0 aliphatic heterocycles. The maximum Gasteiger partial charge on any atom is 0.264 e. The normalized spacial score (nSPS) is 12.1. The summed E-state index contributed by atoms with van der Waals surface area (Å²) in [6, 6.07) is 17.0. The molecule has 0 bridgehead atoms. The summed E-state index contributed by atoms with van der Waals surface area (Å²) < 4.78 is 28.6. The van der Waals surface area contributed by atoms with Gasteiger partial charge in [-0.15, -0.1) is 0 Å². The van der Waals surface area contributed by atoms with Crippen LogP contribution in [0.4, 0.5) is 11.6 Å². The molecule has 0 aliphatic rings. The number of nitrogens with two attached hydrogens (primary N) is 1. The number of benzene rings is 2. The molecule has 0 fully saturated rings. The largest absolute Gasteiger partial charge is 0.337 e. The zero-order chi connectivity index (χ0) is 24.1. The predicted molar refractivity (Wildman–Crippen MR) is 131 cm³/mol. The number of anilines is 2. The number of imidazole rings is 1. The number of nitrogens with zero attached hydrogens (tertiary/aromatic N) is 4. The third kappa shape index (κ3) is 5.53. The number of aromatic nitrogens is 4. The standard InChI is InChI=1S/C22H21N7O3S2/c1-15(33-22-27-19(14-29(22)23)16-6-3-2-4-7-16)20(30)26-17-8-10-18(11-9-17)34(31,32)28-21-24-12-5-13-25-21/h2-15H,23H2,1H3,(H,26,30)(H,24,25,28). The Hall–Kier alpha value is -3.90. The van der Waals surface area contributed by atoms with E-state index in [1.807, 2.05) is 30.3 Å². The van der Waals surface area contributed by atoms with E-state index in [1.54, 1.807) is 19.2 Å². The molecule has 4 rings (SSSR count). The lowest BCUT2D eigenvalue weighted by atomic mass is 10.2. The van der Waals surface area contributed by atoms with Gasteiger partial charge in [-0.05, 0) is 37.3 Å². The minimum absolute atomic E-state index is 0.0129. The molecule has 34 heavy (non-hydrogen) atoms. The summed E-state index contributed by atoms with van der Waals surface area (Å²) in [7, 11) is -3.86. The highest BCUT2D eigenvalue weighted by atomic mass is 32.2. The van der Waals surface area contributed by atoms with Gasteiger partial charge in [-0.2, -0.15) is 0 Å². The average Bonchev–Trinajstić information content (AvgIpc) is 3.20. The fourth-order valence-electron chi connectivity index (χ4n) is 2.92. The monoisotopic (exact) mass is 495 g/mol. The number of hydrogen-bond acceptors (Lipinski definition) is 8. The van der Waals surface area contributed by atoms with Crippen LogP contribution in [0.25, 0.3) is 11.3 Å². The lowest BCUT2D eigenvalue weighted by Gasteiger charge is -2.12. The molecular weight excluding hydrogens is 474 g/mol. The molecule has 2 aromatic heterocycles. The van der Waals surface area contributed by atoms with E-state index in [0.717, 1.165) is 5.56 Å². The van der Waals surface area contributed by atoms with Gasteiger partial charge in [0.25, 0.3) is 10.0 Å². The molecule has 1 unspecified atom stereocenters. The molecule has 12 heteroatoms. The first-order valence-electron chi connectivity index (χ1n) is 10.1. The highest BCUT2D eigenvalue weighted by Gasteiger charge is 2.20. The van der Waals surface area contributed by atoms with Gasteiger partial charge in [-0.25, -0.2) is 32.8 Å². The lowest BCUT2D eigenvalue weighted by Crippen LogP contribution is -2.23. The Morgan fingerprint density at radius 3 is 2.38 bits per heavy atom. The van der Waals surface area contributed by atoms with Crippen molar-refractivity contribution < 1.29 is 13.2 Å². The van der Waals surface area contributed by atoms with E-state index < -0.39 is 15.3 Å². The highest BCUT2D eigenvalue weighted by Crippen LogP contribution is 2.26. The highest BCUT2D eigenvalue weighted by molar-refractivity contribution is 8.00. The Morgan fingerprint density at radius 1 is 1.03 bits per heavy atom. The Balaban J connectivity index is 1.39. The first-order chi connectivity index (χ1) is 16.3. The van der Waals surface area contributed by atoms with Crippen molar-refractivity contribution >= 4 is 39.3 Å². The molecule has 4 aromatic rings. The van der Waals surface area contributed by atoms with E-state index in [0.29, 0.717) is 16.5 Å². The van der Waals surface area contributed by atoms with Gasteiger partial charge in [-0.1, -0.05) is 42.1 Å². The Kier molecular flexibility index (Phi) is 6.80. The van der Waals surface area contributed by atoms with Crippen LogP contribution in [-0.4, -0.2) is 39.2 Å². The van der Waals surface area contributed by atoms with Gasteiger partial charge in [0.05, 0.1) is 22.0 Å². The summed E-state index contributed by atoms with van der Waals surface area (Å²) in [5.74, 6) is 5.72. The second-order valence-electron chi connectivity index (χ2n) is 7.13. The van der Waals surface area contributed by atoms with Crippen LogP contribution in [0, 0.1) is 0 Å². The molecule has 1 atom stereocenters. The van der Waals surface area contributed by atoms with Gasteiger partial charge in [-0.3, -0.25) is 4.79 Å². The maximum atomic E-state index is 12.7. The van der Waals surface area contributed by atoms with E-state index >= 15 is 0 Å². The molecule has 0 saturated heterocycles. The van der Waals surface area contributed by atoms with Crippen molar-refractivity contribution in [2.24, 2.45) is 0 Å². The minimum Gasteiger partial charge on any atom is -0.337 e. The van der Waals surface area contributed by atoms with Gasteiger partial charge in [0.15, 0.2) is 5.16 Å². The van der Waals surface area contributed by atoms with E-state index in [4.69, 9.17) is 5.84 Å². The summed E-state index contributed by atoms with van der Waals surface area (Å²) >= 11 is 1.22. The van der Waals surface area contributed by atoms with Crippen LogP contribution in [0.2, 0.25) is 0 Å². The molecule has 0 aliphatic carbocycles. The quantitative estimate of drug-likeness (QED) is 0.250. The summed E-state index contributed by atoms with van der Waals surface area (Å²) in [6.07, 6.45) is 4.57. The van der Waals surface area contributed by atoms with E-state index in [-0.39, 0.29) is 16.8 Å². The second kappa shape index (κ2) is 9.93. The van der Waals surface area contributed by atoms with Crippen LogP contribution in [0.1, 0.15) is 6.92 Å². The van der Waals surface area contributed by atoms with Gasteiger partial charge in [0.2, 0.25) is 11.9 Å². The number of carbonyl (C=O) groups is 1. The van der Waals surface area contributed by atoms with Crippen molar-refractivity contribution in [3.05, 3.63) is 79.3 Å². The summed E-state index contributed by atoms with van der Waals surface area (Å²) in [6.45, 7) is 1.74. The van der Waals surface area contributed by atoms with Gasteiger partial charge in [0, 0.05) is 23.6 Å². The van der Waals surface area contributed by atoms with E-state index in [2.05, 4.69) is 25.0 Å². The van der Waals surface area contributed by atoms with E-state index in [1.165, 1.54) is 53.1 Å². The molecular formula is C22H21N7O3S2. The molecule has 0 saturated carbocycles. The van der Waals surface area contributed by atoms with Crippen molar-refractivity contribution in [2.75, 3.05) is 15.9 Å². The van der Waals surface area contributed by atoms with Crippen molar-refractivity contribution in [1.29, 1.82) is 0 Å². The number of sulfonamides is 1. The number of hydrogen-bond donors (Lipinski definition) is 3. The van der Waals surface area contributed by atoms with Gasteiger partial charge < -0.3 is 11.2 Å². The third-order valence-electron chi connectivity index (χ3n) is 4.64. The molecule has 10 nitrogen and oxygen atoms in total. The topological polar surface area (TPSA) is 145 Å². The van der Waals surface area contributed by atoms with Crippen LogP contribution >= 0.6 is 11.8 Å². The number of thioether (sulfide) groups is 1. The number of amides is 1. The first kappa shape index (κ1) is 23.3. The van der Waals surface area contributed by atoms with Crippen molar-refractivity contribution in [3.8, 4) is 11.3 Å². The third-order valence-corrected chi connectivity index (χ3v) is 7.07. The Labute approximate surface area is 200 Å². The number of rotatable bonds is 8. The zero-order valence-corrected chi connectivity index (χ0v) is 19.6. The number of nitrogen functional groups attached to an aromatic ring is 1. The van der Waals surface area contributed by atoms with Crippen molar-refractivity contribution in [3.63, 3.8) is 0 Å². The number of carbonyl (C=O) groups excluding carboxylic acids is 1. The molecule has 174 valence electrons. The van der Waals surface area contributed by atoms with Crippen LogP contribution in [-0.2, 0) is 14.8 Å². The van der Waals surface area contributed by atoms with Crippen LogP contribution in [0.15, 0.2) is 89.3 Å². The van der Waals surface area contributed by atoms with Crippen molar-refractivity contribution in [2.45, 2.75) is 22.2 Å². The molecule has 1 amide bonds. The zero-order valence-electron chi connectivity index (χ0n) is 18.0. The maximum absolute atomic E-state index is 12.7. The minimum atomic E-state index is -3.86. The second-order valence-corrected chi connectivity index (χ2v) is 10.1. The molecule has 0 radical (unpaired) electrons. The number of nitrogens with one attached hydrogen (secondary N) is 2. The molecule has 0 spiro atoms. The fraction of sp³-hybridized carbons (Fsp3) is 0.0909. The predicted octanol–water partition coefficient (Wildman–Crippen LogP) is 2.97. The smallest absolute Gasteiger partial charge is 0.264 e. The van der Waals surface area contributed by atoms with E-state index in [9.17, 15) is 13.2 Å². The summed E-state index contributed by atoms with van der Waals surface area (Å²) in [5, 5.41) is 2.76. The van der Waals surface area contributed by atoms with Gasteiger partial charge >= 0.3 is 0 Å².